The van der Waals surface area contributed by atoms with Crippen LogP contribution in [0.3, 0.4) is 0 Å². The fraction of sp³-hybridized carbons (Fsp3) is 0.200. The molecule has 2 N–H and O–H groups in total. The molecular weight excluding hydrogens is 274 g/mol. The lowest BCUT2D eigenvalue weighted by Gasteiger charge is -2.09. The molecule has 108 valence electrons. The highest BCUT2D eigenvalue weighted by Gasteiger charge is 2.15. The molecule has 2 aromatic heterocycles. The van der Waals surface area contributed by atoms with E-state index in [1.165, 1.54) is 6.07 Å². The van der Waals surface area contributed by atoms with Crippen molar-refractivity contribution in [3.8, 4) is 0 Å². The zero-order chi connectivity index (χ0) is 15.0. The molecule has 0 unspecified atom stereocenters. The van der Waals surface area contributed by atoms with E-state index in [0.29, 0.717) is 12.1 Å². The average Bonchev–Trinajstić information content (AvgIpc) is 2.77. The molecule has 21 heavy (non-hydrogen) atoms. The van der Waals surface area contributed by atoms with Crippen molar-refractivity contribution >= 4 is 17.0 Å². The summed E-state index contributed by atoms with van der Waals surface area (Å²) in [5.74, 6) is -1.23. The maximum Gasteiger partial charge on any atom is 0.201 e. The Morgan fingerprint density at radius 3 is 2.86 bits per heavy atom. The lowest BCUT2D eigenvalue weighted by molar-refractivity contribution is 0.590. The van der Waals surface area contributed by atoms with E-state index in [1.54, 1.807) is 10.8 Å². The van der Waals surface area contributed by atoms with Crippen LogP contribution in [0.4, 0.5) is 14.7 Å². The predicted octanol–water partition coefficient (Wildman–Crippen LogP) is 2.90. The highest BCUT2D eigenvalue weighted by Crippen LogP contribution is 2.23. The lowest BCUT2D eigenvalue weighted by Crippen LogP contribution is -2.08. The minimum atomic E-state index is -0.716. The SMILES string of the molecule is CCc1cccnc1Cn1c(N)nc2c(F)cc(F)cc21. The quantitative estimate of drug-likeness (QED) is 0.806. The van der Waals surface area contributed by atoms with Crippen molar-refractivity contribution in [2.75, 3.05) is 5.73 Å². The molecular formula is C15H14F2N4. The van der Waals surface area contributed by atoms with E-state index in [4.69, 9.17) is 5.73 Å². The van der Waals surface area contributed by atoms with Gasteiger partial charge in [-0.2, -0.15) is 0 Å². The van der Waals surface area contributed by atoms with Crippen LogP contribution in [0.25, 0.3) is 11.0 Å². The Balaban J connectivity index is 2.14. The minimum Gasteiger partial charge on any atom is -0.369 e. The first-order valence-corrected chi connectivity index (χ1v) is 6.63. The number of halogens is 2. The van der Waals surface area contributed by atoms with Gasteiger partial charge in [-0.3, -0.25) is 4.98 Å². The Bertz CT molecular complexity index is 811. The van der Waals surface area contributed by atoms with E-state index in [2.05, 4.69) is 9.97 Å². The van der Waals surface area contributed by atoms with E-state index in [1.807, 2.05) is 19.1 Å². The summed E-state index contributed by atoms with van der Waals surface area (Å²) in [5.41, 5.74) is 8.13. The number of aryl methyl sites for hydroxylation is 1. The van der Waals surface area contributed by atoms with Crippen molar-refractivity contribution in [2.45, 2.75) is 19.9 Å². The van der Waals surface area contributed by atoms with E-state index >= 15 is 0 Å². The predicted molar refractivity (Wildman–Crippen MR) is 76.8 cm³/mol. The molecule has 0 bridgehead atoms. The topological polar surface area (TPSA) is 56.7 Å². The van der Waals surface area contributed by atoms with Crippen molar-refractivity contribution in [2.24, 2.45) is 0 Å². The molecule has 3 aromatic rings. The second-order valence-corrected chi connectivity index (χ2v) is 4.77. The summed E-state index contributed by atoms with van der Waals surface area (Å²) in [6.07, 6.45) is 2.50. The number of rotatable bonds is 3. The van der Waals surface area contributed by atoms with Gasteiger partial charge in [-0.15, -0.1) is 0 Å². The molecule has 0 aliphatic rings. The maximum absolute atomic E-state index is 13.7. The fourth-order valence-electron chi connectivity index (χ4n) is 2.42. The summed E-state index contributed by atoms with van der Waals surface area (Å²) >= 11 is 0. The third kappa shape index (κ3) is 2.33. The Labute approximate surface area is 120 Å². The molecule has 0 spiro atoms. The second kappa shape index (κ2) is 5.12. The molecule has 0 amide bonds. The summed E-state index contributed by atoms with van der Waals surface area (Å²) in [4.78, 5) is 8.30. The van der Waals surface area contributed by atoms with Gasteiger partial charge in [0.2, 0.25) is 5.95 Å². The molecule has 6 heteroatoms. The monoisotopic (exact) mass is 288 g/mol. The molecule has 0 saturated heterocycles. The zero-order valence-corrected chi connectivity index (χ0v) is 11.5. The van der Waals surface area contributed by atoms with Crippen LogP contribution < -0.4 is 5.73 Å². The maximum atomic E-state index is 13.7. The van der Waals surface area contributed by atoms with Crippen LogP contribution in [0.15, 0.2) is 30.5 Å². The van der Waals surface area contributed by atoms with Crippen molar-refractivity contribution in [3.05, 3.63) is 53.4 Å². The average molecular weight is 288 g/mol. The van der Waals surface area contributed by atoms with Crippen LogP contribution in [-0.4, -0.2) is 14.5 Å². The molecule has 0 saturated carbocycles. The molecule has 0 aliphatic carbocycles. The number of aromatic nitrogens is 3. The van der Waals surface area contributed by atoms with Gasteiger partial charge in [0.15, 0.2) is 5.82 Å². The van der Waals surface area contributed by atoms with Crippen LogP contribution >= 0.6 is 0 Å². The molecule has 0 radical (unpaired) electrons. The molecule has 1 aromatic carbocycles. The van der Waals surface area contributed by atoms with E-state index in [9.17, 15) is 8.78 Å². The minimum absolute atomic E-state index is 0.0721. The highest BCUT2D eigenvalue weighted by molar-refractivity contribution is 5.79. The third-order valence-electron chi connectivity index (χ3n) is 3.48. The molecule has 2 heterocycles. The Kier molecular flexibility index (Phi) is 3.29. The fourth-order valence-corrected chi connectivity index (χ4v) is 2.42. The smallest absolute Gasteiger partial charge is 0.201 e. The first-order valence-electron chi connectivity index (χ1n) is 6.63. The van der Waals surface area contributed by atoms with Crippen molar-refractivity contribution in [1.82, 2.24) is 14.5 Å². The lowest BCUT2D eigenvalue weighted by atomic mass is 10.1. The summed E-state index contributed by atoms with van der Waals surface area (Å²) in [6, 6.07) is 5.86. The number of imidazole rings is 1. The third-order valence-corrected chi connectivity index (χ3v) is 3.48. The largest absolute Gasteiger partial charge is 0.369 e. The zero-order valence-electron chi connectivity index (χ0n) is 11.5. The van der Waals surface area contributed by atoms with Gasteiger partial charge in [-0.05, 0) is 18.1 Å². The summed E-state index contributed by atoms with van der Waals surface area (Å²) in [6.45, 7) is 2.35. The summed E-state index contributed by atoms with van der Waals surface area (Å²) in [5, 5.41) is 0. The number of benzene rings is 1. The Morgan fingerprint density at radius 2 is 2.10 bits per heavy atom. The van der Waals surface area contributed by atoms with Crippen LogP contribution in [0.2, 0.25) is 0 Å². The number of nitrogens with zero attached hydrogens (tertiary/aromatic N) is 3. The molecule has 0 fully saturated rings. The van der Waals surface area contributed by atoms with E-state index < -0.39 is 11.6 Å². The van der Waals surface area contributed by atoms with Crippen molar-refractivity contribution in [1.29, 1.82) is 0 Å². The number of pyridine rings is 1. The number of fused-ring (bicyclic) bond motifs is 1. The number of nitrogens with two attached hydrogens (primary N) is 1. The van der Waals surface area contributed by atoms with Gasteiger partial charge in [0, 0.05) is 18.3 Å². The van der Waals surface area contributed by atoms with Crippen LogP contribution in [-0.2, 0) is 13.0 Å². The number of hydrogen-bond donors (Lipinski definition) is 1. The Morgan fingerprint density at radius 1 is 1.29 bits per heavy atom. The molecule has 4 nitrogen and oxygen atoms in total. The van der Waals surface area contributed by atoms with Crippen LogP contribution in [0, 0.1) is 11.6 Å². The highest BCUT2D eigenvalue weighted by atomic mass is 19.1. The first-order chi connectivity index (χ1) is 10.1. The molecule has 3 rings (SSSR count). The Hall–Kier alpha value is -2.50. The number of nitrogen functional groups attached to an aromatic ring is 1. The van der Waals surface area contributed by atoms with Crippen LogP contribution in [0.1, 0.15) is 18.2 Å². The number of anilines is 1. The van der Waals surface area contributed by atoms with Gasteiger partial charge in [0.1, 0.15) is 11.3 Å². The molecule has 0 aliphatic heterocycles. The summed E-state index contributed by atoms with van der Waals surface area (Å²) < 4.78 is 28.7. The van der Waals surface area contributed by atoms with Gasteiger partial charge in [-0.1, -0.05) is 13.0 Å². The number of hydrogen-bond acceptors (Lipinski definition) is 3. The van der Waals surface area contributed by atoms with Gasteiger partial charge >= 0.3 is 0 Å². The first kappa shape index (κ1) is 13.5. The molecule has 0 atom stereocenters. The van der Waals surface area contributed by atoms with Crippen molar-refractivity contribution < 1.29 is 8.78 Å². The van der Waals surface area contributed by atoms with Gasteiger partial charge in [0.05, 0.1) is 17.8 Å². The van der Waals surface area contributed by atoms with Crippen LogP contribution in [0.5, 0.6) is 0 Å². The van der Waals surface area contributed by atoms with Gasteiger partial charge in [-0.25, -0.2) is 13.8 Å². The van der Waals surface area contributed by atoms with E-state index in [-0.39, 0.29) is 11.5 Å². The standard InChI is InChI=1S/C15H14F2N4/c1-2-9-4-3-5-19-12(9)8-21-13-7-10(16)6-11(17)14(13)20-15(21)18/h3-7H,2,8H2,1H3,(H2,18,20). The normalized spacial score (nSPS) is 11.2. The van der Waals surface area contributed by atoms with Crippen molar-refractivity contribution in [3.63, 3.8) is 0 Å². The van der Waals surface area contributed by atoms with Gasteiger partial charge < -0.3 is 10.3 Å². The van der Waals surface area contributed by atoms with E-state index in [0.717, 1.165) is 23.7 Å². The second-order valence-electron chi connectivity index (χ2n) is 4.77. The summed E-state index contributed by atoms with van der Waals surface area (Å²) in [7, 11) is 0. The van der Waals surface area contributed by atoms with Gasteiger partial charge in [0.25, 0.3) is 0 Å².